The van der Waals surface area contributed by atoms with Gasteiger partial charge in [-0.3, -0.25) is 4.79 Å². The van der Waals surface area contributed by atoms with E-state index in [1.807, 2.05) is 0 Å². The van der Waals surface area contributed by atoms with Crippen LogP contribution in [0.3, 0.4) is 0 Å². The fraction of sp³-hybridized carbons (Fsp3) is 0.100. The van der Waals surface area contributed by atoms with Crippen molar-refractivity contribution in [2.45, 2.75) is 6.04 Å². The summed E-state index contributed by atoms with van der Waals surface area (Å²) in [6.07, 6.45) is 1.46. The maximum Gasteiger partial charge on any atom is 0.349 e. The predicted octanol–water partition coefficient (Wildman–Crippen LogP) is 2.75. The van der Waals surface area contributed by atoms with Crippen LogP contribution < -0.4 is 10.5 Å². The summed E-state index contributed by atoms with van der Waals surface area (Å²) in [7, 11) is -3.38. The first kappa shape index (κ1) is 17.2. The molecule has 2 heterocycles. The first-order valence-corrected chi connectivity index (χ1v) is 9.99. The Morgan fingerprint density at radius 3 is 2.44 bits per heavy atom. The molecule has 27 heavy (non-hydrogen) atoms. The second-order valence-corrected chi connectivity index (χ2v) is 8.15. The topological polar surface area (TPSA) is 84.7 Å². The first-order valence-electron chi connectivity index (χ1n) is 8.27. The van der Waals surface area contributed by atoms with Gasteiger partial charge in [0.2, 0.25) is 0 Å². The van der Waals surface area contributed by atoms with Gasteiger partial charge in [0.25, 0.3) is 5.91 Å². The SMILES string of the molecule is O=C(c1cc2ccccc2oc1=O)N(c1ccccc1)[C@H]1C=CS(=O)(=O)C1. The van der Waals surface area contributed by atoms with Crippen LogP contribution in [0.2, 0.25) is 0 Å². The molecule has 0 radical (unpaired) electrons. The molecule has 0 bridgehead atoms. The molecular weight excluding hydrogens is 366 g/mol. The van der Waals surface area contributed by atoms with Gasteiger partial charge in [0.15, 0.2) is 9.84 Å². The highest BCUT2D eigenvalue weighted by Crippen LogP contribution is 2.25. The lowest BCUT2D eigenvalue weighted by atomic mass is 10.1. The Labute approximate surface area is 155 Å². The molecule has 0 saturated carbocycles. The van der Waals surface area contributed by atoms with Gasteiger partial charge in [-0.05, 0) is 30.3 Å². The van der Waals surface area contributed by atoms with E-state index < -0.39 is 27.4 Å². The van der Waals surface area contributed by atoms with Gasteiger partial charge in [-0.2, -0.15) is 0 Å². The van der Waals surface area contributed by atoms with Crippen LogP contribution in [0.25, 0.3) is 11.0 Å². The summed E-state index contributed by atoms with van der Waals surface area (Å²) < 4.78 is 29.0. The van der Waals surface area contributed by atoms with Crippen molar-refractivity contribution in [3.63, 3.8) is 0 Å². The summed E-state index contributed by atoms with van der Waals surface area (Å²) in [5.41, 5.74) is -0.0184. The summed E-state index contributed by atoms with van der Waals surface area (Å²) in [6.45, 7) is 0. The molecule has 1 aliphatic rings. The molecule has 2 aromatic carbocycles. The minimum atomic E-state index is -3.38. The number of fused-ring (bicyclic) bond motifs is 1. The summed E-state index contributed by atoms with van der Waals surface area (Å²) in [5.74, 6) is -0.834. The number of carbonyl (C=O) groups is 1. The van der Waals surface area contributed by atoms with E-state index in [0.29, 0.717) is 16.7 Å². The van der Waals surface area contributed by atoms with Gasteiger partial charge < -0.3 is 9.32 Å². The zero-order valence-electron chi connectivity index (χ0n) is 14.1. The molecule has 0 spiro atoms. The van der Waals surface area contributed by atoms with E-state index in [1.54, 1.807) is 54.6 Å². The van der Waals surface area contributed by atoms with Crippen LogP contribution in [0, 0.1) is 0 Å². The Morgan fingerprint density at radius 1 is 1.04 bits per heavy atom. The normalized spacial score (nSPS) is 17.9. The highest BCUT2D eigenvalue weighted by molar-refractivity contribution is 7.94. The lowest BCUT2D eigenvalue weighted by Crippen LogP contribution is -2.42. The van der Waals surface area contributed by atoms with Gasteiger partial charge in [0.1, 0.15) is 11.1 Å². The van der Waals surface area contributed by atoms with Crippen molar-refractivity contribution in [3.8, 4) is 0 Å². The first-order chi connectivity index (χ1) is 12.9. The zero-order chi connectivity index (χ0) is 19.0. The second-order valence-electron chi connectivity index (χ2n) is 6.22. The number of hydrogen-bond donors (Lipinski definition) is 0. The number of benzene rings is 2. The van der Waals surface area contributed by atoms with Crippen molar-refractivity contribution in [1.29, 1.82) is 0 Å². The molecule has 7 heteroatoms. The number of carbonyl (C=O) groups excluding carboxylic acids is 1. The van der Waals surface area contributed by atoms with E-state index in [1.165, 1.54) is 17.0 Å². The average molecular weight is 381 g/mol. The van der Waals surface area contributed by atoms with Crippen LogP contribution in [0.15, 0.2) is 81.4 Å². The molecule has 1 atom stereocenters. The molecule has 0 saturated heterocycles. The summed E-state index contributed by atoms with van der Waals surface area (Å²) in [4.78, 5) is 27.0. The molecule has 0 N–H and O–H groups in total. The molecule has 1 aliphatic heterocycles. The van der Waals surface area contributed by atoms with Crippen LogP contribution >= 0.6 is 0 Å². The summed E-state index contributed by atoms with van der Waals surface area (Å²) in [5, 5.41) is 1.71. The molecule has 0 aliphatic carbocycles. The van der Waals surface area contributed by atoms with Crippen molar-refractivity contribution in [3.05, 3.63) is 88.1 Å². The molecule has 0 unspecified atom stereocenters. The quantitative estimate of drug-likeness (QED) is 0.652. The number of rotatable bonds is 3. The van der Waals surface area contributed by atoms with Gasteiger partial charge in [-0.1, -0.05) is 36.4 Å². The van der Waals surface area contributed by atoms with Crippen molar-refractivity contribution in [2.75, 3.05) is 10.7 Å². The molecule has 6 nitrogen and oxygen atoms in total. The van der Waals surface area contributed by atoms with E-state index in [9.17, 15) is 18.0 Å². The molecule has 4 rings (SSSR count). The molecule has 1 aromatic heterocycles. The fourth-order valence-corrected chi connectivity index (χ4v) is 4.38. The summed E-state index contributed by atoms with van der Waals surface area (Å²) in [6, 6.07) is 16.3. The molecular formula is C20H15NO5S. The summed E-state index contributed by atoms with van der Waals surface area (Å²) >= 11 is 0. The third-order valence-corrected chi connectivity index (χ3v) is 5.75. The Kier molecular flexibility index (Phi) is 4.16. The minimum absolute atomic E-state index is 0.143. The van der Waals surface area contributed by atoms with Crippen molar-refractivity contribution >= 4 is 32.4 Å². The monoisotopic (exact) mass is 381 g/mol. The van der Waals surface area contributed by atoms with Gasteiger partial charge in [-0.25, -0.2) is 13.2 Å². The number of amides is 1. The van der Waals surface area contributed by atoms with Gasteiger partial charge in [0, 0.05) is 16.5 Å². The van der Waals surface area contributed by atoms with Crippen molar-refractivity contribution < 1.29 is 17.6 Å². The largest absolute Gasteiger partial charge is 0.422 e. The molecule has 3 aromatic rings. The van der Waals surface area contributed by atoms with Gasteiger partial charge >= 0.3 is 5.63 Å². The molecule has 0 fully saturated rings. The molecule has 136 valence electrons. The number of sulfone groups is 1. The van der Waals surface area contributed by atoms with Gasteiger partial charge in [0.05, 0.1) is 11.8 Å². The smallest absolute Gasteiger partial charge is 0.349 e. The van der Waals surface area contributed by atoms with Gasteiger partial charge in [-0.15, -0.1) is 0 Å². The lowest BCUT2D eigenvalue weighted by Gasteiger charge is -2.27. The van der Waals surface area contributed by atoms with Crippen molar-refractivity contribution in [2.24, 2.45) is 0 Å². The Balaban J connectivity index is 1.83. The Morgan fingerprint density at radius 2 is 1.74 bits per heavy atom. The highest BCUT2D eigenvalue weighted by Gasteiger charge is 2.33. The number of para-hydroxylation sites is 2. The Bertz CT molecular complexity index is 1210. The van der Waals surface area contributed by atoms with Crippen LogP contribution in [0.4, 0.5) is 5.69 Å². The number of anilines is 1. The fourth-order valence-electron chi connectivity index (χ4n) is 3.11. The van der Waals surface area contributed by atoms with E-state index >= 15 is 0 Å². The predicted molar refractivity (Wildman–Crippen MR) is 102 cm³/mol. The second kappa shape index (κ2) is 6.51. The van der Waals surface area contributed by atoms with E-state index in [-0.39, 0.29) is 11.3 Å². The zero-order valence-corrected chi connectivity index (χ0v) is 14.9. The van der Waals surface area contributed by atoms with Crippen LogP contribution in [0.5, 0.6) is 0 Å². The third-order valence-electron chi connectivity index (χ3n) is 4.37. The van der Waals surface area contributed by atoms with Crippen LogP contribution in [0.1, 0.15) is 10.4 Å². The third kappa shape index (κ3) is 3.29. The van der Waals surface area contributed by atoms with E-state index in [0.717, 1.165) is 5.41 Å². The average Bonchev–Trinajstić information content (AvgIpc) is 3.01. The number of nitrogens with zero attached hydrogens (tertiary/aromatic N) is 1. The van der Waals surface area contributed by atoms with Crippen LogP contribution in [-0.4, -0.2) is 26.1 Å². The highest BCUT2D eigenvalue weighted by atomic mass is 32.2. The maximum atomic E-state index is 13.2. The van der Waals surface area contributed by atoms with E-state index in [4.69, 9.17) is 4.42 Å². The van der Waals surface area contributed by atoms with E-state index in [2.05, 4.69) is 0 Å². The molecule has 1 amide bonds. The Hall–Kier alpha value is -3.19. The maximum absolute atomic E-state index is 13.2. The number of hydrogen-bond acceptors (Lipinski definition) is 5. The standard InChI is InChI=1S/C20H15NO5S/c22-19(17-12-14-6-4-5-9-18(14)26-20(17)23)21(15-7-2-1-3-8-15)16-10-11-27(24,25)13-16/h1-12,16H,13H2/t16-/m0/s1. The lowest BCUT2D eigenvalue weighted by molar-refractivity contribution is 0.0979. The van der Waals surface area contributed by atoms with Crippen molar-refractivity contribution in [1.82, 2.24) is 0 Å². The minimum Gasteiger partial charge on any atom is -0.422 e. The van der Waals surface area contributed by atoms with Crippen LogP contribution in [-0.2, 0) is 9.84 Å².